The molecule has 130 valence electrons. The van der Waals surface area contributed by atoms with Gasteiger partial charge in [0, 0.05) is 6.42 Å². The molecule has 0 spiro atoms. The summed E-state index contributed by atoms with van der Waals surface area (Å²) < 4.78 is 4.63. The van der Waals surface area contributed by atoms with E-state index in [1.165, 1.54) is 84.2 Å². The average Bonchev–Trinajstić information content (AvgIpc) is 2.54. The van der Waals surface area contributed by atoms with Gasteiger partial charge < -0.3 is 4.74 Å². The third kappa shape index (κ3) is 17.3. The Kier molecular flexibility index (Phi) is 17.6. The first-order valence-electron chi connectivity index (χ1n) is 9.53. The molecule has 0 heterocycles. The SMILES string of the molecule is CCCCCCCC=CCCCCCCCCCC(=O)OC. The van der Waals surface area contributed by atoms with Crippen LogP contribution < -0.4 is 0 Å². The van der Waals surface area contributed by atoms with E-state index in [-0.39, 0.29) is 5.97 Å². The summed E-state index contributed by atoms with van der Waals surface area (Å²) in [6.07, 6.45) is 23.5. The van der Waals surface area contributed by atoms with Crippen LogP contribution in [0.5, 0.6) is 0 Å². The molecule has 22 heavy (non-hydrogen) atoms. The molecule has 2 nitrogen and oxygen atoms in total. The molecule has 0 saturated heterocycles. The van der Waals surface area contributed by atoms with Crippen molar-refractivity contribution in [3.8, 4) is 0 Å². The number of hydrogen-bond acceptors (Lipinski definition) is 2. The first-order chi connectivity index (χ1) is 10.8. The lowest BCUT2D eigenvalue weighted by atomic mass is 10.1. The Morgan fingerprint density at radius 3 is 1.68 bits per heavy atom. The molecule has 0 aromatic carbocycles. The van der Waals surface area contributed by atoms with Crippen molar-refractivity contribution in [1.29, 1.82) is 0 Å². The molecule has 0 bridgehead atoms. The molecular weight excluding hydrogens is 272 g/mol. The van der Waals surface area contributed by atoms with E-state index in [1.807, 2.05) is 0 Å². The van der Waals surface area contributed by atoms with Crippen LogP contribution in [0.1, 0.15) is 103 Å². The van der Waals surface area contributed by atoms with Crippen LogP contribution in [0.15, 0.2) is 12.2 Å². The molecule has 0 amide bonds. The third-order valence-electron chi connectivity index (χ3n) is 4.12. The average molecular weight is 311 g/mol. The second-order valence-corrected chi connectivity index (χ2v) is 6.26. The highest BCUT2D eigenvalue weighted by Crippen LogP contribution is 2.11. The fraction of sp³-hybridized carbons (Fsp3) is 0.850. The van der Waals surface area contributed by atoms with E-state index in [0.717, 1.165) is 12.8 Å². The van der Waals surface area contributed by atoms with Crippen LogP contribution in [-0.2, 0) is 9.53 Å². The zero-order valence-corrected chi connectivity index (χ0v) is 15.1. The van der Waals surface area contributed by atoms with Crippen LogP contribution in [0, 0.1) is 0 Å². The molecule has 0 aromatic heterocycles. The summed E-state index contributed by atoms with van der Waals surface area (Å²) in [5, 5.41) is 0. The second-order valence-electron chi connectivity index (χ2n) is 6.26. The molecule has 0 aliphatic carbocycles. The number of ether oxygens (including phenoxy) is 1. The smallest absolute Gasteiger partial charge is 0.305 e. The molecule has 0 radical (unpaired) electrons. The van der Waals surface area contributed by atoms with E-state index in [0.29, 0.717) is 6.42 Å². The third-order valence-corrected chi connectivity index (χ3v) is 4.12. The first kappa shape index (κ1) is 21.2. The second kappa shape index (κ2) is 18.3. The number of hydrogen-bond donors (Lipinski definition) is 0. The summed E-state index contributed by atoms with van der Waals surface area (Å²) in [5.74, 6) is -0.0721. The minimum atomic E-state index is -0.0721. The number of allylic oxidation sites excluding steroid dienone is 2. The monoisotopic (exact) mass is 310 g/mol. The Hall–Kier alpha value is -0.790. The van der Waals surface area contributed by atoms with Crippen LogP contribution in [-0.4, -0.2) is 13.1 Å². The quantitative estimate of drug-likeness (QED) is 0.183. The molecule has 0 rings (SSSR count). The van der Waals surface area contributed by atoms with E-state index in [9.17, 15) is 4.79 Å². The van der Waals surface area contributed by atoms with Crippen LogP contribution in [0.2, 0.25) is 0 Å². The predicted molar refractivity (Wildman–Crippen MR) is 96.1 cm³/mol. The van der Waals surface area contributed by atoms with Gasteiger partial charge >= 0.3 is 5.97 Å². The van der Waals surface area contributed by atoms with E-state index in [4.69, 9.17) is 0 Å². The lowest BCUT2D eigenvalue weighted by molar-refractivity contribution is -0.140. The van der Waals surface area contributed by atoms with Crippen LogP contribution >= 0.6 is 0 Å². The van der Waals surface area contributed by atoms with Gasteiger partial charge in [0.1, 0.15) is 0 Å². The van der Waals surface area contributed by atoms with Crippen molar-refractivity contribution in [3.05, 3.63) is 12.2 Å². The van der Waals surface area contributed by atoms with Crippen molar-refractivity contribution in [2.45, 2.75) is 103 Å². The molecule has 0 fully saturated rings. The number of carbonyl (C=O) groups excluding carboxylic acids is 1. The maximum absolute atomic E-state index is 10.9. The van der Waals surface area contributed by atoms with Crippen LogP contribution in [0.25, 0.3) is 0 Å². The van der Waals surface area contributed by atoms with Gasteiger partial charge in [-0.2, -0.15) is 0 Å². The van der Waals surface area contributed by atoms with Gasteiger partial charge in [-0.15, -0.1) is 0 Å². The van der Waals surface area contributed by atoms with E-state index in [2.05, 4.69) is 23.8 Å². The molecule has 0 aromatic rings. The first-order valence-corrected chi connectivity index (χ1v) is 9.53. The van der Waals surface area contributed by atoms with Crippen LogP contribution in [0.3, 0.4) is 0 Å². The summed E-state index contributed by atoms with van der Waals surface area (Å²) in [5.41, 5.74) is 0. The van der Waals surface area contributed by atoms with Gasteiger partial charge in [0.05, 0.1) is 7.11 Å². The largest absolute Gasteiger partial charge is 0.469 e. The van der Waals surface area contributed by atoms with Gasteiger partial charge in [-0.05, 0) is 32.1 Å². The maximum Gasteiger partial charge on any atom is 0.305 e. The van der Waals surface area contributed by atoms with Gasteiger partial charge in [0.15, 0.2) is 0 Å². The van der Waals surface area contributed by atoms with Gasteiger partial charge in [-0.25, -0.2) is 0 Å². The number of rotatable bonds is 16. The molecule has 0 aliphatic heterocycles. The van der Waals surface area contributed by atoms with Crippen molar-refractivity contribution < 1.29 is 9.53 Å². The Balaban J connectivity index is 3.09. The van der Waals surface area contributed by atoms with Gasteiger partial charge in [-0.3, -0.25) is 4.79 Å². The van der Waals surface area contributed by atoms with Crippen molar-refractivity contribution in [2.75, 3.05) is 7.11 Å². The normalized spacial score (nSPS) is 11.2. The summed E-state index contributed by atoms with van der Waals surface area (Å²) >= 11 is 0. The Labute approximate surface area is 138 Å². The fourth-order valence-corrected chi connectivity index (χ4v) is 2.62. The van der Waals surface area contributed by atoms with E-state index >= 15 is 0 Å². The predicted octanol–water partition coefficient (Wildman–Crippen LogP) is 6.59. The maximum atomic E-state index is 10.9. The summed E-state index contributed by atoms with van der Waals surface area (Å²) in [7, 11) is 1.46. The van der Waals surface area contributed by atoms with Crippen molar-refractivity contribution in [3.63, 3.8) is 0 Å². The summed E-state index contributed by atoms with van der Waals surface area (Å²) in [6.45, 7) is 2.27. The lowest BCUT2D eigenvalue weighted by Crippen LogP contribution is -1.99. The minimum absolute atomic E-state index is 0.0721. The van der Waals surface area contributed by atoms with Crippen molar-refractivity contribution >= 4 is 5.97 Å². The van der Waals surface area contributed by atoms with Gasteiger partial charge in [0.2, 0.25) is 0 Å². The van der Waals surface area contributed by atoms with E-state index in [1.54, 1.807) is 0 Å². The Morgan fingerprint density at radius 2 is 1.18 bits per heavy atom. The molecule has 0 N–H and O–H groups in total. The number of esters is 1. The van der Waals surface area contributed by atoms with Gasteiger partial charge in [-0.1, -0.05) is 76.9 Å². The molecule has 0 atom stereocenters. The minimum Gasteiger partial charge on any atom is -0.469 e. The standard InChI is InChI=1S/C20H38O2/c1-3-4-5-6-7-8-9-10-11-12-13-14-15-16-17-18-19-20(21)22-2/h9-10H,3-8,11-19H2,1-2H3. The van der Waals surface area contributed by atoms with Crippen LogP contribution in [0.4, 0.5) is 0 Å². The van der Waals surface area contributed by atoms with E-state index < -0.39 is 0 Å². The number of carbonyl (C=O) groups is 1. The van der Waals surface area contributed by atoms with Crippen molar-refractivity contribution in [1.82, 2.24) is 0 Å². The number of methoxy groups -OCH3 is 1. The number of unbranched alkanes of at least 4 members (excludes halogenated alkanes) is 12. The fourth-order valence-electron chi connectivity index (χ4n) is 2.62. The lowest BCUT2D eigenvalue weighted by Gasteiger charge is -2.01. The highest BCUT2D eigenvalue weighted by atomic mass is 16.5. The molecule has 0 saturated carbocycles. The van der Waals surface area contributed by atoms with Crippen molar-refractivity contribution in [2.24, 2.45) is 0 Å². The Morgan fingerprint density at radius 1 is 0.727 bits per heavy atom. The molecule has 2 heteroatoms. The Bertz CT molecular complexity index is 258. The zero-order chi connectivity index (χ0) is 16.3. The highest BCUT2D eigenvalue weighted by molar-refractivity contribution is 5.68. The molecular formula is C20H38O2. The topological polar surface area (TPSA) is 26.3 Å². The highest BCUT2D eigenvalue weighted by Gasteiger charge is 1.98. The van der Waals surface area contributed by atoms with Gasteiger partial charge in [0.25, 0.3) is 0 Å². The molecule has 0 unspecified atom stereocenters. The summed E-state index contributed by atoms with van der Waals surface area (Å²) in [6, 6.07) is 0. The zero-order valence-electron chi connectivity index (χ0n) is 15.1. The summed E-state index contributed by atoms with van der Waals surface area (Å²) in [4.78, 5) is 10.9. The molecule has 0 aliphatic rings.